The SMILES string of the molecule is CC(=O)N1CCN(c2ccc(C(C)N3CCCC(c4ccccc4)S3(=O)=O)c(F)c2)C(C)C1. The quantitative estimate of drug-likeness (QED) is 0.671. The van der Waals surface area contributed by atoms with Crippen LogP contribution in [0.15, 0.2) is 48.5 Å². The third-order valence-electron chi connectivity index (χ3n) is 6.97. The van der Waals surface area contributed by atoms with Crippen molar-refractivity contribution in [3.05, 3.63) is 65.5 Å². The molecule has 3 atom stereocenters. The van der Waals surface area contributed by atoms with E-state index in [1.807, 2.05) is 43.3 Å². The smallest absolute Gasteiger partial charge is 0.221 e. The maximum absolute atomic E-state index is 15.3. The fourth-order valence-corrected chi connectivity index (χ4v) is 7.34. The summed E-state index contributed by atoms with van der Waals surface area (Å²) in [6, 6.07) is 13.8. The summed E-state index contributed by atoms with van der Waals surface area (Å²) in [5, 5.41) is -0.601. The number of anilines is 1. The zero-order chi connectivity index (χ0) is 23.8. The van der Waals surface area contributed by atoms with E-state index < -0.39 is 27.1 Å². The number of amides is 1. The second-order valence-electron chi connectivity index (χ2n) is 9.09. The predicted molar refractivity (Wildman–Crippen MR) is 128 cm³/mol. The highest BCUT2D eigenvalue weighted by Crippen LogP contribution is 2.39. The van der Waals surface area contributed by atoms with E-state index >= 15 is 4.39 Å². The van der Waals surface area contributed by atoms with Crippen LogP contribution in [0.2, 0.25) is 0 Å². The Labute approximate surface area is 196 Å². The number of rotatable bonds is 4. The van der Waals surface area contributed by atoms with Crippen LogP contribution in [0.25, 0.3) is 0 Å². The Morgan fingerprint density at radius 3 is 2.45 bits per heavy atom. The average Bonchev–Trinajstić information content (AvgIpc) is 2.78. The Kier molecular flexibility index (Phi) is 6.77. The van der Waals surface area contributed by atoms with E-state index in [9.17, 15) is 13.2 Å². The lowest BCUT2D eigenvalue weighted by Crippen LogP contribution is -2.53. The van der Waals surface area contributed by atoms with Gasteiger partial charge in [0.15, 0.2) is 0 Å². The number of hydrogen-bond acceptors (Lipinski definition) is 4. The first-order valence-corrected chi connectivity index (χ1v) is 13.1. The van der Waals surface area contributed by atoms with Crippen LogP contribution in [0, 0.1) is 5.82 Å². The molecule has 8 heteroatoms. The summed E-state index contributed by atoms with van der Waals surface area (Å²) in [6.07, 6.45) is 1.31. The molecule has 0 spiro atoms. The Hall–Kier alpha value is -2.45. The van der Waals surface area contributed by atoms with Gasteiger partial charge in [0.25, 0.3) is 0 Å². The Bertz CT molecular complexity index is 1110. The van der Waals surface area contributed by atoms with Gasteiger partial charge in [0, 0.05) is 56.4 Å². The number of carbonyl (C=O) groups is 1. The Morgan fingerprint density at radius 2 is 1.82 bits per heavy atom. The highest BCUT2D eigenvalue weighted by molar-refractivity contribution is 7.89. The molecule has 33 heavy (non-hydrogen) atoms. The number of sulfonamides is 1. The third kappa shape index (κ3) is 4.64. The van der Waals surface area contributed by atoms with Gasteiger partial charge < -0.3 is 9.80 Å². The Balaban J connectivity index is 1.55. The van der Waals surface area contributed by atoms with Crippen LogP contribution < -0.4 is 4.90 Å². The van der Waals surface area contributed by atoms with Crippen LogP contribution >= 0.6 is 0 Å². The van der Waals surface area contributed by atoms with E-state index in [2.05, 4.69) is 4.90 Å². The third-order valence-corrected chi connectivity index (χ3v) is 9.35. The predicted octanol–water partition coefficient (Wildman–Crippen LogP) is 4.11. The zero-order valence-electron chi connectivity index (χ0n) is 19.4. The summed E-state index contributed by atoms with van der Waals surface area (Å²) < 4.78 is 43.7. The number of benzene rings is 2. The van der Waals surface area contributed by atoms with Crippen LogP contribution in [0.4, 0.5) is 10.1 Å². The molecule has 0 aromatic heterocycles. The van der Waals surface area contributed by atoms with Gasteiger partial charge in [0.1, 0.15) is 11.1 Å². The molecule has 2 heterocycles. The minimum absolute atomic E-state index is 0.0494. The van der Waals surface area contributed by atoms with Crippen molar-refractivity contribution in [1.29, 1.82) is 0 Å². The lowest BCUT2D eigenvalue weighted by molar-refractivity contribution is -0.129. The first kappa shape index (κ1) is 23.7. The van der Waals surface area contributed by atoms with Crippen molar-refractivity contribution in [3.63, 3.8) is 0 Å². The number of nitrogens with zero attached hydrogens (tertiary/aromatic N) is 3. The lowest BCUT2D eigenvalue weighted by Gasteiger charge is -2.41. The molecule has 178 valence electrons. The molecule has 2 aliphatic rings. The maximum atomic E-state index is 15.3. The highest BCUT2D eigenvalue weighted by atomic mass is 32.2. The fourth-order valence-electron chi connectivity index (χ4n) is 5.11. The van der Waals surface area contributed by atoms with Crippen molar-refractivity contribution in [3.8, 4) is 0 Å². The van der Waals surface area contributed by atoms with Gasteiger partial charge in [-0.2, -0.15) is 4.31 Å². The highest BCUT2D eigenvalue weighted by Gasteiger charge is 2.40. The minimum Gasteiger partial charge on any atom is -0.365 e. The topological polar surface area (TPSA) is 60.9 Å². The summed E-state index contributed by atoms with van der Waals surface area (Å²) in [6.45, 7) is 7.57. The van der Waals surface area contributed by atoms with Gasteiger partial charge in [-0.05, 0) is 44.4 Å². The van der Waals surface area contributed by atoms with E-state index in [-0.39, 0.29) is 11.9 Å². The van der Waals surface area contributed by atoms with Gasteiger partial charge in [-0.15, -0.1) is 0 Å². The first-order valence-electron chi connectivity index (χ1n) is 11.6. The van der Waals surface area contributed by atoms with E-state index in [1.54, 1.807) is 24.8 Å². The second-order valence-corrected chi connectivity index (χ2v) is 11.2. The van der Waals surface area contributed by atoms with E-state index in [0.29, 0.717) is 38.2 Å². The molecule has 3 unspecified atom stereocenters. The van der Waals surface area contributed by atoms with Crippen molar-refractivity contribution in [2.75, 3.05) is 31.1 Å². The first-order chi connectivity index (χ1) is 15.7. The van der Waals surface area contributed by atoms with E-state index in [0.717, 1.165) is 17.7 Å². The Morgan fingerprint density at radius 1 is 1.09 bits per heavy atom. The van der Waals surface area contributed by atoms with Crippen molar-refractivity contribution >= 4 is 21.6 Å². The molecular weight excluding hydrogens is 441 g/mol. The number of hydrogen-bond donors (Lipinski definition) is 0. The molecular formula is C25H32FN3O3S. The average molecular weight is 474 g/mol. The zero-order valence-corrected chi connectivity index (χ0v) is 20.3. The molecule has 0 radical (unpaired) electrons. The van der Waals surface area contributed by atoms with Crippen LogP contribution in [0.3, 0.4) is 0 Å². The maximum Gasteiger partial charge on any atom is 0.221 e. The van der Waals surface area contributed by atoms with Gasteiger partial charge in [-0.3, -0.25) is 4.79 Å². The number of halogens is 1. The van der Waals surface area contributed by atoms with Crippen molar-refractivity contribution < 1.29 is 17.6 Å². The molecule has 4 rings (SSSR count). The molecule has 1 amide bonds. The molecule has 2 aromatic carbocycles. The largest absolute Gasteiger partial charge is 0.365 e. The summed E-state index contributed by atoms with van der Waals surface area (Å²) in [7, 11) is -3.62. The van der Waals surface area contributed by atoms with Crippen LogP contribution in [-0.2, 0) is 14.8 Å². The number of piperazine rings is 1. The standard InChI is InChI=1S/C25H32FN3O3S/c1-18-17-27(20(3)30)14-15-28(18)22-11-12-23(24(26)16-22)19(2)29-13-7-10-25(33(29,31)32)21-8-5-4-6-9-21/h4-6,8-9,11-12,16,18-19,25H,7,10,13-15,17H2,1-3H3. The fraction of sp³-hybridized carbons (Fsp3) is 0.480. The van der Waals surface area contributed by atoms with Crippen LogP contribution in [0.5, 0.6) is 0 Å². The molecule has 6 nitrogen and oxygen atoms in total. The monoisotopic (exact) mass is 473 g/mol. The summed E-state index contributed by atoms with van der Waals surface area (Å²) in [4.78, 5) is 15.6. The minimum atomic E-state index is -3.62. The van der Waals surface area contributed by atoms with E-state index in [4.69, 9.17) is 0 Å². The van der Waals surface area contributed by atoms with Gasteiger partial charge in [0.2, 0.25) is 15.9 Å². The van der Waals surface area contributed by atoms with Gasteiger partial charge in [-0.25, -0.2) is 12.8 Å². The summed E-state index contributed by atoms with van der Waals surface area (Å²) in [5.41, 5.74) is 1.91. The molecule has 2 aromatic rings. The molecule has 0 bridgehead atoms. The van der Waals surface area contributed by atoms with Crippen LogP contribution in [-0.4, -0.2) is 55.8 Å². The second kappa shape index (κ2) is 9.43. The summed E-state index contributed by atoms with van der Waals surface area (Å²) in [5.74, 6) is -0.355. The molecule has 2 fully saturated rings. The molecule has 2 aliphatic heterocycles. The molecule has 0 saturated carbocycles. The molecule has 0 N–H and O–H groups in total. The normalized spacial score (nSPS) is 24.5. The van der Waals surface area contributed by atoms with Crippen molar-refractivity contribution in [1.82, 2.24) is 9.21 Å². The van der Waals surface area contributed by atoms with Gasteiger partial charge >= 0.3 is 0 Å². The van der Waals surface area contributed by atoms with Crippen LogP contribution in [0.1, 0.15) is 56.0 Å². The van der Waals surface area contributed by atoms with Crippen molar-refractivity contribution in [2.45, 2.75) is 50.9 Å². The summed E-state index contributed by atoms with van der Waals surface area (Å²) >= 11 is 0. The van der Waals surface area contributed by atoms with Gasteiger partial charge in [-0.1, -0.05) is 36.4 Å². The lowest BCUT2D eigenvalue weighted by atomic mass is 10.0. The van der Waals surface area contributed by atoms with Gasteiger partial charge in [0.05, 0.1) is 0 Å². The van der Waals surface area contributed by atoms with Crippen molar-refractivity contribution in [2.24, 2.45) is 0 Å². The molecule has 2 saturated heterocycles. The molecule has 0 aliphatic carbocycles. The number of carbonyl (C=O) groups excluding carboxylic acids is 1. The van der Waals surface area contributed by atoms with E-state index in [1.165, 1.54) is 10.4 Å².